The van der Waals surface area contributed by atoms with Crippen molar-refractivity contribution in [3.63, 3.8) is 0 Å². The second-order valence-electron chi connectivity index (χ2n) is 4.13. The van der Waals surface area contributed by atoms with Gasteiger partial charge in [-0.3, -0.25) is 0 Å². The van der Waals surface area contributed by atoms with Crippen molar-refractivity contribution in [1.82, 2.24) is 19.5 Å². The number of imidazole rings is 1. The summed E-state index contributed by atoms with van der Waals surface area (Å²) in [7, 11) is -3.91. The summed E-state index contributed by atoms with van der Waals surface area (Å²) in [5.74, 6) is 0.295. The van der Waals surface area contributed by atoms with E-state index in [9.17, 15) is 0 Å². The number of nitrogens with two attached hydrogens (primary N) is 1. The number of ether oxygens (including phenoxy) is 1. The van der Waals surface area contributed by atoms with Crippen molar-refractivity contribution in [2.75, 3.05) is 12.1 Å². The Morgan fingerprint density at radius 1 is 1.37 bits per heavy atom. The summed E-state index contributed by atoms with van der Waals surface area (Å²) in [4.78, 5) is 38.5. The minimum Gasteiger partial charge on any atom is -0.382 e. The third-order valence-corrected chi connectivity index (χ3v) is 2.91. The Hall–Kier alpha value is -1.38. The van der Waals surface area contributed by atoms with Crippen LogP contribution in [0.4, 0.5) is 5.82 Å². The number of nitrogen functional groups attached to an aromatic ring is 1. The lowest BCUT2D eigenvalue weighted by Crippen LogP contribution is -2.18. The molecule has 0 radical (unpaired) electrons. The summed E-state index contributed by atoms with van der Waals surface area (Å²) < 4.78 is 6.85. The highest BCUT2D eigenvalue weighted by molar-refractivity contribution is 7.58. The van der Waals surface area contributed by atoms with Crippen molar-refractivity contribution < 1.29 is 19.4 Å². The zero-order chi connectivity index (χ0) is 14.0. The van der Waals surface area contributed by atoms with E-state index in [1.54, 1.807) is 17.8 Å². The number of rotatable bonds is 5. The van der Waals surface area contributed by atoms with E-state index in [1.807, 2.05) is 0 Å². The average molecular weight is 288 g/mol. The fraction of sp³-hybridized carbons (Fsp3) is 0.444. The molecule has 10 heteroatoms. The van der Waals surface area contributed by atoms with Crippen LogP contribution in [0.15, 0.2) is 12.7 Å². The molecule has 2 heterocycles. The fourth-order valence-electron chi connectivity index (χ4n) is 1.59. The zero-order valence-corrected chi connectivity index (χ0v) is 11.1. The first kappa shape index (κ1) is 14.0. The van der Waals surface area contributed by atoms with Crippen molar-refractivity contribution in [1.29, 1.82) is 0 Å². The molecule has 0 aliphatic heterocycles. The van der Waals surface area contributed by atoms with Gasteiger partial charge < -0.3 is 15.0 Å². The normalized spacial score (nSPS) is 13.9. The van der Waals surface area contributed by atoms with Crippen molar-refractivity contribution in [3.05, 3.63) is 12.7 Å². The van der Waals surface area contributed by atoms with E-state index in [1.165, 1.54) is 6.33 Å². The van der Waals surface area contributed by atoms with Gasteiger partial charge in [0.1, 0.15) is 11.8 Å². The van der Waals surface area contributed by atoms with Gasteiger partial charge in [-0.15, -0.1) is 0 Å². The molecule has 0 saturated heterocycles. The van der Waals surface area contributed by atoms with Crippen LogP contribution in [-0.4, -0.2) is 46.7 Å². The number of aromatic nitrogens is 4. The number of hydrogen-bond acceptors (Lipinski definition) is 8. The van der Waals surface area contributed by atoms with Crippen LogP contribution >= 0.6 is 7.94 Å². The lowest BCUT2D eigenvalue weighted by Gasteiger charge is -2.13. The largest absolute Gasteiger partial charge is 0.431 e. The first-order valence-electron chi connectivity index (χ1n) is 5.46. The molecule has 19 heavy (non-hydrogen) atoms. The Balaban J connectivity index is 2.07. The van der Waals surface area contributed by atoms with Crippen molar-refractivity contribution >= 4 is 24.9 Å². The van der Waals surface area contributed by atoms with Gasteiger partial charge in [-0.25, -0.2) is 15.0 Å². The van der Waals surface area contributed by atoms with Crippen LogP contribution in [0.25, 0.3) is 11.2 Å². The Bertz CT molecular complexity index is 569. The number of hydrogen-bond donors (Lipinski definition) is 4. The summed E-state index contributed by atoms with van der Waals surface area (Å²) in [6, 6.07) is 0. The molecule has 0 spiro atoms. The van der Waals surface area contributed by atoms with E-state index in [0.717, 1.165) is 0 Å². The quantitative estimate of drug-likeness (QED) is 0.540. The van der Waals surface area contributed by atoms with E-state index in [-0.39, 0.29) is 6.10 Å². The van der Waals surface area contributed by atoms with Gasteiger partial charge in [-0.05, 0) is 6.92 Å². The molecule has 2 aromatic heterocycles. The summed E-state index contributed by atoms with van der Waals surface area (Å²) >= 11 is 0. The Kier molecular flexibility index (Phi) is 3.93. The monoisotopic (exact) mass is 288 g/mol. The smallest absolute Gasteiger partial charge is 0.382 e. The lowest BCUT2D eigenvalue weighted by atomic mass is 10.4. The van der Waals surface area contributed by atoms with Crippen molar-refractivity contribution in [2.45, 2.75) is 19.6 Å². The van der Waals surface area contributed by atoms with Gasteiger partial charge in [0.25, 0.3) is 0 Å². The van der Waals surface area contributed by atoms with Crippen LogP contribution in [0, 0.1) is 0 Å². The molecule has 5 N–H and O–H groups in total. The zero-order valence-electron chi connectivity index (χ0n) is 10.2. The Labute approximate surface area is 109 Å². The molecule has 0 aliphatic rings. The highest BCUT2D eigenvalue weighted by atomic mass is 31.2. The summed E-state index contributed by atoms with van der Waals surface area (Å²) in [5.41, 5.74) is 6.74. The van der Waals surface area contributed by atoms with Gasteiger partial charge >= 0.3 is 7.94 Å². The summed E-state index contributed by atoms with van der Waals surface area (Å²) in [6.07, 6.45) is 2.03. The van der Waals surface area contributed by atoms with Crippen LogP contribution in [0.1, 0.15) is 6.92 Å². The van der Waals surface area contributed by atoms with Gasteiger partial charge in [0.15, 0.2) is 11.5 Å². The minimum absolute atomic E-state index is 0.295. The molecule has 2 rings (SSSR count). The van der Waals surface area contributed by atoms with E-state index in [4.69, 9.17) is 25.2 Å². The predicted molar refractivity (Wildman–Crippen MR) is 68.7 cm³/mol. The van der Waals surface area contributed by atoms with Crippen LogP contribution in [0.5, 0.6) is 0 Å². The second-order valence-corrected chi connectivity index (χ2v) is 5.77. The Morgan fingerprint density at radius 2 is 2.11 bits per heavy atom. The van der Waals surface area contributed by atoms with Crippen molar-refractivity contribution in [2.24, 2.45) is 0 Å². The second kappa shape index (κ2) is 5.32. The van der Waals surface area contributed by atoms with Crippen LogP contribution in [-0.2, 0) is 11.3 Å². The standard InChI is InChI=1S/C9H15N5O4P/c1-6(18-5-19(15,16)17)2-14-4-13-7-8(10)11-3-12-9(7)14/h3-4,6,15-17H,2,5H2,1H3,(H2,10,11,12)/q+1/t6-/m1/s1. The third-order valence-electron chi connectivity index (χ3n) is 2.42. The number of anilines is 1. The molecular formula is C9H15N5O4P+. The summed E-state index contributed by atoms with van der Waals surface area (Å²) in [6.45, 7) is 2.11. The third kappa shape index (κ3) is 3.55. The van der Waals surface area contributed by atoms with Gasteiger partial charge in [-0.1, -0.05) is 0 Å². The van der Waals surface area contributed by atoms with Gasteiger partial charge in [0.05, 0.1) is 19.0 Å². The molecule has 0 bridgehead atoms. The molecular weight excluding hydrogens is 273 g/mol. The summed E-state index contributed by atoms with van der Waals surface area (Å²) in [5, 5.41) is 0. The van der Waals surface area contributed by atoms with Crippen LogP contribution in [0.2, 0.25) is 0 Å². The molecule has 2 aromatic rings. The van der Waals surface area contributed by atoms with Gasteiger partial charge in [-0.2, -0.15) is 14.7 Å². The fourth-order valence-corrected chi connectivity index (χ4v) is 2.04. The van der Waals surface area contributed by atoms with E-state index in [0.29, 0.717) is 23.5 Å². The first-order chi connectivity index (χ1) is 8.87. The Morgan fingerprint density at radius 3 is 2.79 bits per heavy atom. The maximum Gasteiger partial charge on any atom is 0.431 e. The van der Waals surface area contributed by atoms with E-state index in [2.05, 4.69) is 15.0 Å². The highest BCUT2D eigenvalue weighted by Gasteiger charge is 2.31. The molecule has 104 valence electrons. The lowest BCUT2D eigenvalue weighted by molar-refractivity contribution is 0.0711. The molecule has 0 fully saturated rings. The van der Waals surface area contributed by atoms with Gasteiger partial charge in [0, 0.05) is 0 Å². The average Bonchev–Trinajstić information content (AvgIpc) is 2.71. The van der Waals surface area contributed by atoms with Gasteiger partial charge in [0.2, 0.25) is 6.35 Å². The predicted octanol–water partition coefficient (Wildman–Crippen LogP) is -0.489. The topological polar surface area (TPSA) is 140 Å². The minimum atomic E-state index is -3.91. The molecule has 9 nitrogen and oxygen atoms in total. The SMILES string of the molecule is C[C@H](Cn1cnc2c(N)ncnc21)OC[P+](O)(O)O. The maximum absolute atomic E-state index is 8.84. The van der Waals surface area contributed by atoms with E-state index >= 15 is 0 Å². The van der Waals surface area contributed by atoms with Crippen LogP contribution in [0.3, 0.4) is 0 Å². The molecule has 0 aliphatic carbocycles. The molecule has 1 atom stereocenters. The van der Waals surface area contributed by atoms with Crippen LogP contribution < -0.4 is 5.73 Å². The number of fused-ring (bicyclic) bond motifs is 1. The highest BCUT2D eigenvalue weighted by Crippen LogP contribution is 2.44. The first-order valence-corrected chi connectivity index (χ1v) is 7.29. The molecule has 0 amide bonds. The molecule has 0 unspecified atom stereocenters. The molecule has 0 aromatic carbocycles. The maximum atomic E-state index is 8.84. The van der Waals surface area contributed by atoms with E-state index < -0.39 is 14.3 Å². The molecule has 0 saturated carbocycles. The number of nitrogens with zero attached hydrogens (tertiary/aromatic N) is 4. The van der Waals surface area contributed by atoms with Crippen molar-refractivity contribution in [3.8, 4) is 0 Å².